The molecule has 0 amide bonds. The van der Waals surface area contributed by atoms with Crippen molar-refractivity contribution in [2.24, 2.45) is 0 Å². The average Bonchev–Trinajstić information content (AvgIpc) is 2.63. The largest absolute Gasteiger partial charge is 0.435 e. The molecule has 18 heavy (non-hydrogen) atoms. The van der Waals surface area contributed by atoms with E-state index >= 15 is 0 Å². The molecule has 0 saturated heterocycles. The van der Waals surface area contributed by atoms with Gasteiger partial charge in [0.15, 0.2) is 10.8 Å². The van der Waals surface area contributed by atoms with Crippen molar-refractivity contribution in [1.29, 1.82) is 0 Å². The maximum absolute atomic E-state index is 12.5. The van der Waals surface area contributed by atoms with Crippen LogP contribution in [-0.4, -0.2) is 20.4 Å². The summed E-state index contributed by atoms with van der Waals surface area (Å²) < 4.78 is 42.5. The maximum Gasteiger partial charge on any atom is 0.435 e. The molecule has 0 unspecified atom stereocenters. The number of hydrogen-bond donors (Lipinski definition) is 1. The second kappa shape index (κ2) is 4.45. The SMILES string of the molecule is Cc1c(C(F)(F)F)n[nH]c1Oc1ccc(Cl)nn1. The molecule has 0 spiro atoms. The predicted octanol–water partition coefficient (Wildman–Crippen LogP) is 2.97. The quantitative estimate of drug-likeness (QED) is 0.917. The summed E-state index contributed by atoms with van der Waals surface area (Å²) in [7, 11) is 0. The molecule has 0 saturated carbocycles. The molecular weight excluding hydrogens is 273 g/mol. The fourth-order valence-corrected chi connectivity index (χ4v) is 1.32. The fraction of sp³-hybridized carbons (Fsp3) is 0.222. The summed E-state index contributed by atoms with van der Waals surface area (Å²) in [5.41, 5.74) is -1.18. The number of alkyl halides is 3. The minimum Gasteiger partial charge on any atom is -0.419 e. The number of hydrogen-bond acceptors (Lipinski definition) is 4. The average molecular weight is 279 g/mol. The van der Waals surface area contributed by atoms with Gasteiger partial charge in [-0.15, -0.1) is 10.2 Å². The van der Waals surface area contributed by atoms with Gasteiger partial charge in [0.1, 0.15) is 0 Å². The van der Waals surface area contributed by atoms with Gasteiger partial charge in [-0.05, 0) is 13.0 Å². The van der Waals surface area contributed by atoms with Crippen LogP contribution < -0.4 is 4.74 Å². The van der Waals surface area contributed by atoms with Crippen LogP contribution in [0.25, 0.3) is 0 Å². The Labute approximate surface area is 104 Å². The van der Waals surface area contributed by atoms with Crippen molar-refractivity contribution in [2.45, 2.75) is 13.1 Å². The van der Waals surface area contributed by atoms with E-state index in [1.54, 1.807) is 0 Å². The van der Waals surface area contributed by atoms with Crippen LogP contribution >= 0.6 is 11.6 Å². The summed E-state index contributed by atoms with van der Waals surface area (Å²) in [6.07, 6.45) is -4.53. The van der Waals surface area contributed by atoms with Crippen molar-refractivity contribution >= 4 is 11.6 Å². The standard InChI is InChI=1S/C9H6ClF3N4O/c1-4-7(9(11,12)13)16-17-8(4)18-6-3-2-5(10)14-15-6/h2-3H,1H3,(H,16,17). The lowest BCUT2D eigenvalue weighted by Gasteiger charge is -2.04. The fourth-order valence-electron chi connectivity index (χ4n) is 1.22. The zero-order chi connectivity index (χ0) is 13.3. The molecule has 2 aromatic rings. The number of nitrogens with one attached hydrogen (secondary N) is 1. The van der Waals surface area contributed by atoms with Crippen LogP contribution in [0.3, 0.4) is 0 Å². The van der Waals surface area contributed by atoms with Gasteiger partial charge in [-0.3, -0.25) is 0 Å². The zero-order valence-corrected chi connectivity index (χ0v) is 9.67. The third kappa shape index (κ3) is 2.53. The molecule has 0 aromatic carbocycles. The molecule has 2 aromatic heterocycles. The molecule has 2 rings (SSSR count). The van der Waals surface area contributed by atoms with Crippen LogP contribution in [-0.2, 0) is 6.18 Å². The Morgan fingerprint density at radius 2 is 2.00 bits per heavy atom. The highest BCUT2D eigenvalue weighted by Crippen LogP contribution is 2.34. The Kier molecular flexibility index (Phi) is 3.12. The highest BCUT2D eigenvalue weighted by molar-refractivity contribution is 6.29. The first-order chi connectivity index (χ1) is 8.38. The van der Waals surface area contributed by atoms with Gasteiger partial charge in [0.25, 0.3) is 0 Å². The number of rotatable bonds is 2. The minimum atomic E-state index is -4.53. The molecule has 0 radical (unpaired) electrons. The van der Waals surface area contributed by atoms with E-state index in [9.17, 15) is 13.2 Å². The molecule has 1 N–H and O–H groups in total. The molecule has 0 aliphatic rings. The summed E-state index contributed by atoms with van der Waals surface area (Å²) in [5, 5.41) is 12.5. The Morgan fingerprint density at radius 3 is 2.50 bits per heavy atom. The summed E-state index contributed by atoms with van der Waals surface area (Å²) in [6, 6.07) is 2.78. The van der Waals surface area contributed by atoms with Gasteiger partial charge >= 0.3 is 6.18 Å². The lowest BCUT2D eigenvalue weighted by Crippen LogP contribution is -2.07. The normalized spacial score (nSPS) is 11.6. The van der Waals surface area contributed by atoms with E-state index in [1.165, 1.54) is 19.1 Å². The molecule has 2 heterocycles. The van der Waals surface area contributed by atoms with Crippen molar-refractivity contribution in [3.8, 4) is 11.8 Å². The number of aromatic amines is 1. The predicted molar refractivity (Wildman–Crippen MR) is 55.4 cm³/mol. The summed E-state index contributed by atoms with van der Waals surface area (Å²) in [4.78, 5) is 0. The van der Waals surface area contributed by atoms with Crippen LogP contribution in [0.1, 0.15) is 11.3 Å². The maximum atomic E-state index is 12.5. The molecule has 0 atom stereocenters. The molecule has 0 aliphatic carbocycles. The number of ether oxygens (including phenoxy) is 1. The van der Waals surface area contributed by atoms with Gasteiger partial charge in [-0.25, -0.2) is 5.10 Å². The number of aromatic nitrogens is 4. The van der Waals surface area contributed by atoms with E-state index in [0.29, 0.717) is 0 Å². The Bertz CT molecular complexity index is 552. The highest BCUT2D eigenvalue weighted by atomic mass is 35.5. The van der Waals surface area contributed by atoms with Crippen LogP contribution in [0.5, 0.6) is 11.8 Å². The van der Waals surface area contributed by atoms with Crippen LogP contribution in [0.2, 0.25) is 5.15 Å². The van der Waals surface area contributed by atoms with Crippen LogP contribution in [0.15, 0.2) is 12.1 Å². The third-order valence-corrected chi connectivity index (χ3v) is 2.25. The molecular formula is C9H6ClF3N4O. The molecule has 9 heteroatoms. The number of H-pyrrole nitrogens is 1. The van der Waals surface area contributed by atoms with Crippen molar-refractivity contribution < 1.29 is 17.9 Å². The first-order valence-electron chi connectivity index (χ1n) is 4.67. The van der Waals surface area contributed by atoms with Gasteiger partial charge in [0.2, 0.25) is 11.8 Å². The smallest absolute Gasteiger partial charge is 0.419 e. The minimum absolute atomic E-state index is 0.0138. The van der Waals surface area contributed by atoms with Gasteiger partial charge in [-0.2, -0.15) is 18.3 Å². The third-order valence-electron chi connectivity index (χ3n) is 2.05. The van der Waals surface area contributed by atoms with E-state index in [1.807, 2.05) is 0 Å². The van der Waals surface area contributed by atoms with Gasteiger partial charge in [0.05, 0.1) is 0 Å². The second-order valence-electron chi connectivity index (χ2n) is 3.32. The summed E-state index contributed by atoms with van der Waals surface area (Å²) in [5.74, 6) is -0.126. The van der Waals surface area contributed by atoms with Crippen molar-refractivity contribution in [3.05, 3.63) is 28.5 Å². The number of nitrogens with zero attached hydrogens (tertiary/aromatic N) is 3. The molecule has 0 bridgehead atoms. The second-order valence-corrected chi connectivity index (χ2v) is 3.71. The molecule has 0 aliphatic heterocycles. The Morgan fingerprint density at radius 1 is 1.28 bits per heavy atom. The summed E-state index contributed by atoms with van der Waals surface area (Å²) in [6.45, 7) is 1.24. The van der Waals surface area contributed by atoms with Gasteiger partial charge < -0.3 is 4.74 Å². The lowest BCUT2D eigenvalue weighted by atomic mass is 10.2. The first kappa shape index (κ1) is 12.6. The molecule has 0 fully saturated rings. The van der Waals surface area contributed by atoms with Crippen molar-refractivity contribution in [1.82, 2.24) is 20.4 Å². The Hall–Kier alpha value is -1.83. The van der Waals surface area contributed by atoms with Crippen molar-refractivity contribution in [3.63, 3.8) is 0 Å². The monoisotopic (exact) mass is 278 g/mol. The summed E-state index contributed by atoms with van der Waals surface area (Å²) >= 11 is 5.51. The lowest BCUT2D eigenvalue weighted by molar-refractivity contribution is -0.141. The van der Waals surface area contributed by atoms with Crippen LogP contribution in [0.4, 0.5) is 13.2 Å². The van der Waals surface area contributed by atoms with Gasteiger partial charge in [0, 0.05) is 11.6 Å². The zero-order valence-electron chi connectivity index (χ0n) is 8.92. The van der Waals surface area contributed by atoms with E-state index in [2.05, 4.69) is 20.4 Å². The van der Waals surface area contributed by atoms with E-state index < -0.39 is 11.9 Å². The van der Waals surface area contributed by atoms with Gasteiger partial charge in [-0.1, -0.05) is 11.6 Å². The van der Waals surface area contributed by atoms with E-state index in [-0.39, 0.29) is 22.5 Å². The van der Waals surface area contributed by atoms with Crippen molar-refractivity contribution in [2.75, 3.05) is 0 Å². The molecule has 5 nitrogen and oxygen atoms in total. The first-order valence-corrected chi connectivity index (χ1v) is 5.05. The van der Waals surface area contributed by atoms with E-state index in [4.69, 9.17) is 16.3 Å². The van der Waals surface area contributed by atoms with E-state index in [0.717, 1.165) is 0 Å². The van der Waals surface area contributed by atoms with Crippen LogP contribution in [0, 0.1) is 6.92 Å². The Balaban J connectivity index is 2.25. The molecule has 96 valence electrons. The topological polar surface area (TPSA) is 63.7 Å². The number of halogens is 4. The highest BCUT2D eigenvalue weighted by Gasteiger charge is 2.37.